The Morgan fingerprint density at radius 1 is 1.11 bits per heavy atom. The number of aryl methyl sites for hydroxylation is 1. The van der Waals surface area contributed by atoms with Gasteiger partial charge in [0.15, 0.2) is 0 Å². The average Bonchev–Trinajstić information content (AvgIpc) is 2.95. The van der Waals surface area contributed by atoms with Gasteiger partial charge in [-0.1, -0.05) is 12.5 Å². The highest BCUT2D eigenvalue weighted by Gasteiger charge is 2.64. The van der Waals surface area contributed by atoms with Gasteiger partial charge in [-0.3, -0.25) is 4.79 Å². The second kappa shape index (κ2) is 10.4. The zero-order chi connectivity index (χ0) is 26.7. The van der Waals surface area contributed by atoms with E-state index < -0.39 is 47.6 Å². The SMILES string of the molecule is CCOC(=O)C(NC(=O)c1cccc(C(F)(F)F)c1)(Nc1sc2c(c1C#N)CCCCC2)C(F)(F)F. The number of alkyl halides is 6. The monoisotopic (exact) mass is 533 g/mol. The molecule has 0 radical (unpaired) electrons. The van der Waals surface area contributed by atoms with Crippen LogP contribution in [0.4, 0.5) is 31.3 Å². The van der Waals surface area contributed by atoms with E-state index in [4.69, 9.17) is 0 Å². The Bertz CT molecular complexity index is 1190. The molecule has 0 bridgehead atoms. The summed E-state index contributed by atoms with van der Waals surface area (Å²) in [5.74, 6) is -3.53. The summed E-state index contributed by atoms with van der Waals surface area (Å²) in [6, 6.07) is 4.63. The summed E-state index contributed by atoms with van der Waals surface area (Å²) in [5, 5.41) is 12.9. The summed E-state index contributed by atoms with van der Waals surface area (Å²) >= 11 is 0.866. The maximum Gasteiger partial charge on any atom is 0.441 e. The molecular formula is C23H21F6N3O3S. The van der Waals surface area contributed by atoms with E-state index in [9.17, 15) is 41.2 Å². The predicted molar refractivity (Wildman–Crippen MR) is 118 cm³/mol. The number of thiophene rings is 1. The molecule has 0 saturated heterocycles. The second-order valence-electron chi connectivity index (χ2n) is 8.01. The quantitative estimate of drug-likeness (QED) is 0.219. The minimum Gasteiger partial charge on any atom is -0.463 e. The molecule has 1 atom stereocenters. The van der Waals surface area contributed by atoms with Gasteiger partial charge in [-0.2, -0.15) is 31.6 Å². The van der Waals surface area contributed by atoms with Gasteiger partial charge in [0.1, 0.15) is 11.1 Å². The first kappa shape index (κ1) is 27.3. The third kappa shape index (κ3) is 5.43. The molecule has 194 valence electrons. The van der Waals surface area contributed by atoms with E-state index in [0.29, 0.717) is 35.4 Å². The van der Waals surface area contributed by atoms with Crippen LogP contribution in [0, 0.1) is 11.3 Å². The molecule has 1 heterocycles. The van der Waals surface area contributed by atoms with E-state index in [1.54, 1.807) is 0 Å². The summed E-state index contributed by atoms with van der Waals surface area (Å²) in [6.07, 6.45) is -6.98. The number of nitrogens with zero attached hydrogens (tertiary/aromatic N) is 1. The number of halogens is 6. The van der Waals surface area contributed by atoms with Crippen LogP contribution in [0.15, 0.2) is 24.3 Å². The lowest BCUT2D eigenvalue weighted by atomic mass is 10.0. The molecule has 0 saturated carbocycles. The highest BCUT2D eigenvalue weighted by Crippen LogP contribution is 2.41. The van der Waals surface area contributed by atoms with E-state index in [-0.39, 0.29) is 10.6 Å². The highest BCUT2D eigenvalue weighted by atomic mass is 32.1. The molecule has 0 spiro atoms. The molecule has 1 aromatic heterocycles. The molecule has 1 unspecified atom stereocenters. The Morgan fingerprint density at radius 3 is 2.42 bits per heavy atom. The van der Waals surface area contributed by atoms with Crippen molar-refractivity contribution in [3.8, 4) is 6.07 Å². The summed E-state index contributed by atoms with van der Waals surface area (Å²) in [5.41, 5.74) is -5.39. The molecular weight excluding hydrogens is 512 g/mol. The molecule has 3 rings (SSSR count). The second-order valence-corrected chi connectivity index (χ2v) is 9.11. The van der Waals surface area contributed by atoms with Crippen molar-refractivity contribution in [3.63, 3.8) is 0 Å². The Hall–Kier alpha value is -3.27. The first-order valence-corrected chi connectivity index (χ1v) is 11.7. The standard InChI is InChI=1S/C23H21F6N3O3S/c1-2-35-20(34)21(23(27,28)29,31-18(33)13-7-6-8-14(11-13)22(24,25)26)32-19-16(12-30)15-9-4-3-5-10-17(15)36-19/h6-8,11,32H,2-5,9-10H2,1H3,(H,31,33). The van der Waals surface area contributed by atoms with Crippen molar-refractivity contribution < 1.29 is 40.7 Å². The maximum absolute atomic E-state index is 14.5. The number of hydrogen-bond donors (Lipinski definition) is 2. The fraction of sp³-hybridized carbons (Fsp3) is 0.435. The number of rotatable bonds is 6. The molecule has 2 N–H and O–H groups in total. The molecule has 36 heavy (non-hydrogen) atoms. The number of benzene rings is 1. The van der Waals surface area contributed by atoms with Crippen LogP contribution in [-0.2, 0) is 28.5 Å². The fourth-order valence-electron chi connectivity index (χ4n) is 3.83. The van der Waals surface area contributed by atoms with Gasteiger partial charge in [-0.25, -0.2) is 4.79 Å². The number of carbonyl (C=O) groups is 2. The zero-order valence-corrected chi connectivity index (χ0v) is 19.7. The summed E-state index contributed by atoms with van der Waals surface area (Å²) in [7, 11) is 0. The molecule has 1 aromatic carbocycles. The lowest BCUT2D eigenvalue weighted by molar-refractivity contribution is -0.204. The molecule has 1 amide bonds. The van der Waals surface area contributed by atoms with Gasteiger partial charge >= 0.3 is 24.0 Å². The van der Waals surface area contributed by atoms with E-state index in [2.05, 4.69) is 4.74 Å². The van der Waals surface area contributed by atoms with Crippen LogP contribution in [0.3, 0.4) is 0 Å². The lowest BCUT2D eigenvalue weighted by Crippen LogP contribution is -2.69. The Morgan fingerprint density at radius 2 is 1.81 bits per heavy atom. The number of anilines is 1. The van der Waals surface area contributed by atoms with Gasteiger partial charge in [0, 0.05) is 10.4 Å². The van der Waals surface area contributed by atoms with Crippen molar-refractivity contribution in [2.45, 2.75) is 57.0 Å². The van der Waals surface area contributed by atoms with E-state index in [1.807, 2.05) is 11.4 Å². The largest absolute Gasteiger partial charge is 0.463 e. The van der Waals surface area contributed by atoms with Crippen molar-refractivity contribution >= 4 is 28.2 Å². The number of nitriles is 1. The van der Waals surface area contributed by atoms with Crippen molar-refractivity contribution in [3.05, 3.63) is 51.4 Å². The van der Waals surface area contributed by atoms with Crippen molar-refractivity contribution in [1.29, 1.82) is 5.26 Å². The minimum absolute atomic E-state index is 0.0804. The van der Waals surface area contributed by atoms with Crippen LogP contribution >= 0.6 is 11.3 Å². The zero-order valence-electron chi connectivity index (χ0n) is 18.9. The van der Waals surface area contributed by atoms with Gasteiger partial charge in [0.05, 0.1) is 17.7 Å². The van der Waals surface area contributed by atoms with Crippen molar-refractivity contribution in [2.75, 3.05) is 11.9 Å². The Kier molecular flexibility index (Phi) is 7.88. The van der Waals surface area contributed by atoms with Crippen LogP contribution < -0.4 is 10.6 Å². The summed E-state index contributed by atoms with van der Waals surface area (Å²) < 4.78 is 87.4. The van der Waals surface area contributed by atoms with Gasteiger partial charge in [-0.15, -0.1) is 11.3 Å². The van der Waals surface area contributed by atoms with Crippen LogP contribution in [-0.4, -0.2) is 30.3 Å². The summed E-state index contributed by atoms with van der Waals surface area (Å²) in [4.78, 5) is 26.2. The number of esters is 1. The van der Waals surface area contributed by atoms with E-state index in [0.717, 1.165) is 42.7 Å². The number of fused-ring (bicyclic) bond motifs is 1. The maximum atomic E-state index is 14.5. The topological polar surface area (TPSA) is 91.2 Å². The van der Waals surface area contributed by atoms with Crippen LogP contribution in [0.25, 0.3) is 0 Å². The predicted octanol–water partition coefficient (Wildman–Crippen LogP) is 5.57. The molecule has 0 aliphatic heterocycles. The molecule has 1 aliphatic rings. The van der Waals surface area contributed by atoms with Gasteiger partial charge < -0.3 is 15.4 Å². The third-order valence-corrected chi connectivity index (χ3v) is 6.80. The fourth-order valence-corrected chi connectivity index (χ4v) is 5.12. The van der Waals surface area contributed by atoms with E-state index in [1.165, 1.54) is 12.2 Å². The Labute approximate surface area is 206 Å². The number of hydrogen-bond acceptors (Lipinski definition) is 6. The lowest BCUT2D eigenvalue weighted by Gasteiger charge is -2.35. The molecule has 1 aliphatic carbocycles. The number of amides is 1. The first-order chi connectivity index (χ1) is 16.8. The molecule has 6 nitrogen and oxygen atoms in total. The molecule has 13 heteroatoms. The number of carbonyl (C=O) groups excluding carboxylic acids is 2. The number of ether oxygens (including phenoxy) is 1. The Balaban J connectivity index is 2.10. The normalized spacial score (nSPS) is 15.6. The van der Waals surface area contributed by atoms with Crippen LogP contribution in [0.1, 0.15) is 58.1 Å². The molecule has 2 aromatic rings. The van der Waals surface area contributed by atoms with Gasteiger partial charge in [0.2, 0.25) is 0 Å². The van der Waals surface area contributed by atoms with Crippen molar-refractivity contribution in [2.24, 2.45) is 0 Å². The van der Waals surface area contributed by atoms with Gasteiger partial charge in [0.25, 0.3) is 5.91 Å². The van der Waals surface area contributed by atoms with Gasteiger partial charge in [-0.05, 0) is 56.4 Å². The van der Waals surface area contributed by atoms with Crippen LogP contribution in [0.2, 0.25) is 0 Å². The van der Waals surface area contributed by atoms with Crippen molar-refractivity contribution in [1.82, 2.24) is 5.32 Å². The minimum atomic E-state index is -5.51. The number of nitrogens with one attached hydrogen (secondary N) is 2. The molecule has 0 fully saturated rings. The first-order valence-electron chi connectivity index (χ1n) is 10.9. The third-order valence-electron chi connectivity index (χ3n) is 5.59. The average molecular weight is 533 g/mol. The highest BCUT2D eigenvalue weighted by molar-refractivity contribution is 7.16. The van der Waals surface area contributed by atoms with E-state index >= 15 is 0 Å². The summed E-state index contributed by atoms with van der Waals surface area (Å²) in [6.45, 7) is 0.769. The van der Waals surface area contributed by atoms with Crippen LogP contribution in [0.5, 0.6) is 0 Å². The smallest absolute Gasteiger partial charge is 0.441 e.